The molecule has 0 radical (unpaired) electrons. The van der Waals surface area contributed by atoms with E-state index in [0.717, 1.165) is 19.6 Å². The minimum absolute atomic E-state index is 0.0706. The summed E-state index contributed by atoms with van der Waals surface area (Å²) in [5.41, 5.74) is -0.0706. The Morgan fingerprint density at radius 3 is 2.73 bits per heavy atom. The lowest BCUT2D eigenvalue weighted by molar-refractivity contribution is -0.384. The molecule has 1 aromatic rings. The highest BCUT2D eigenvalue weighted by Crippen LogP contribution is 2.27. The van der Waals surface area contributed by atoms with Crippen molar-refractivity contribution in [3.63, 3.8) is 0 Å². The third-order valence-corrected chi connectivity index (χ3v) is 3.83. The van der Waals surface area contributed by atoms with Gasteiger partial charge < -0.3 is 9.64 Å². The molecular weight excluding hydrogens is 308 g/mol. The third-order valence-electron chi connectivity index (χ3n) is 3.62. The zero-order chi connectivity index (χ0) is 16.3. The summed E-state index contributed by atoms with van der Waals surface area (Å²) >= 11 is 5.79. The maximum atomic E-state index is 11.1. The van der Waals surface area contributed by atoms with E-state index in [1.54, 1.807) is 11.9 Å². The number of morpholine rings is 1. The van der Waals surface area contributed by atoms with E-state index in [1.807, 2.05) is 0 Å². The first-order valence-electron chi connectivity index (χ1n) is 7.25. The lowest BCUT2D eigenvalue weighted by Crippen LogP contribution is -2.47. The van der Waals surface area contributed by atoms with Crippen LogP contribution < -0.4 is 4.90 Å². The molecule has 0 bridgehead atoms. The van der Waals surface area contributed by atoms with Gasteiger partial charge in [-0.15, -0.1) is 0 Å². The Bertz CT molecular complexity index is 533. The molecule has 0 unspecified atom stereocenters. The molecule has 2 rings (SSSR count). The second kappa shape index (κ2) is 7.21. The predicted molar refractivity (Wildman–Crippen MR) is 85.6 cm³/mol. The van der Waals surface area contributed by atoms with Gasteiger partial charge in [-0.1, -0.05) is 11.6 Å². The number of likely N-dealkylation sites (N-methyl/N-ethyl adjacent to an activating group) is 1. The normalized spacial score (nSPS) is 22.5. The van der Waals surface area contributed by atoms with Crippen molar-refractivity contribution < 1.29 is 9.66 Å². The van der Waals surface area contributed by atoms with Gasteiger partial charge in [0.1, 0.15) is 0 Å². The van der Waals surface area contributed by atoms with Gasteiger partial charge in [-0.3, -0.25) is 15.0 Å². The average Bonchev–Trinajstić information content (AvgIpc) is 2.43. The molecule has 2 heterocycles. The zero-order valence-electron chi connectivity index (χ0n) is 13.0. The second-order valence-corrected chi connectivity index (χ2v) is 6.13. The fourth-order valence-electron chi connectivity index (χ4n) is 2.71. The first-order chi connectivity index (χ1) is 10.4. The van der Waals surface area contributed by atoms with Crippen LogP contribution in [0.5, 0.6) is 0 Å². The van der Waals surface area contributed by atoms with Crippen molar-refractivity contribution in [1.29, 1.82) is 0 Å². The number of nitrogens with zero attached hydrogens (tertiary/aromatic N) is 4. The molecule has 0 aromatic carbocycles. The Balaban J connectivity index is 2.00. The van der Waals surface area contributed by atoms with Crippen LogP contribution in [-0.2, 0) is 4.74 Å². The maximum absolute atomic E-state index is 11.1. The Labute approximate surface area is 135 Å². The molecule has 0 amide bonds. The summed E-state index contributed by atoms with van der Waals surface area (Å²) in [5.74, 6) is 0.337. The Morgan fingerprint density at radius 2 is 2.14 bits per heavy atom. The van der Waals surface area contributed by atoms with E-state index in [9.17, 15) is 10.1 Å². The molecule has 0 N–H and O–H groups in total. The van der Waals surface area contributed by atoms with Crippen molar-refractivity contribution in [2.24, 2.45) is 0 Å². The van der Waals surface area contributed by atoms with Crippen LogP contribution in [0.3, 0.4) is 0 Å². The van der Waals surface area contributed by atoms with E-state index >= 15 is 0 Å². The van der Waals surface area contributed by atoms with E-state index in [4.69, 9.17) is 16.3 Å². The molecule has 0 saturated carbocycles. The van der Waals surface area contributed by atoms with E-state index in [2.05, 4.69) is 23.7 Å². The van der Waals surface area contributed by atoms with Crippen LogP contribution in [-0.4, -0.2) is 60.2 Å². The Kier molecular flexibility index (Phi) is 5.55. The molecule has 7 nitrogen and oxygen atoms in total. The Hall–Kier alpha value is -1.44. The average molecular weight is 329 g/mol. The lowest BCUT2D eigenvalue weighted by atomic mass is 10.2. The summed E-state index contributed by atoms with van der Waals surface area (Å²) < 4.78 is 5.70. The number of ether oxygens (including phenoxy) is 1. The number of rotatable bonds is 5. The summed E-state index contributed by atoms with van der Waals surface area (Å²) in [4.78, 5) is 18.9. The topological polar surface area (TPSA) is 71.7 Å². The lowest BCUT2D eigenvalue weighted by Gasteiger charge is -2.36. The second-order valence-electron chi connectivity index (χ2n) is 5.69. The van der Waals surface area contributed by atoms with Crippen LogP contribution in [0.2, 0.25) is 5.02 Å². The minimum Gasteiger partial charge on any atom is -0.373 e. The third kappa shape index (κ3) is 4.28. The fraction of sp³-hybridized carbons (Fsp3) is 0.643. The van der Waals surface area contributed by atoms with Crippen molar-refractivity contribution in [3.05, 3.63) is 27.4 Å². The van der Waals surface area contributed by atoms with Crippen molar-refractivity contribution in [1.82, 2.24) is 9.88 Å². The van der Waals surface area contributed by atoms with Gasteiger partial charge in [0.25, 0.3) is 0 Å². The van der Waals surface area contributed by atoms with Gasteiger partial charge in [0.15, 0.2) is 0 Å². The number of pyridine rings is 1. The molecule has 1 aliphatic rings. The molecule has 2 atom stereocenters. The SMILES string of the molecule is C[C@@H]1CN(CCN(C)c2ncc(Cl)cc2[N+](=O)[O-])C[C@H](C)O1. The predicted octanol–water partition coefficient (Wildman–Crippen LogP) is 2.19. The van der Waals surface area contributed by atoms with Gasteiger partial charge in [0.2, 0.25) is 5.82 Å². The summed E-state index contributed by atoms with van der Waals surface area (Å²) in [5, 5.41) is 11.4. The van der Waals surface area contributed by atoms with Gasteiger partial charge in [0, 0.05) is 45.5 Å². The molecule has 8 heteroatoms. The highest BCUT2D eigenvalue weighted by molar-refractivity contribution is 6.30. The maximum Gasteiger partial charge on any atom is 0.313 e. The van der Waals surface area contributed by atoms with E-state index in [0.29, 0.717) is 12.4 Å². The molecule has 1 fully saturated rings. The van der Waals surface area contributed by atoms with Crippen LogP contribution in [0.25, 0.3) is 0 Å². The highest BCUT2D eigenvalue weighted by Gasteiger charge is 2.24. The van der Waals surface area contributed by atoms with E-state index in [1.165, 1.54) is 12.3 Å². The van der Waals surface area contributed by atoms with Gasteiger partial charge in [-0.2, -0.15) is 0 Å². The first-order valence-corrected chi connectivity index (χ1v) is 7.63. The number of hydrogen-bond donors (Lipinski definition) is 0. The van der Waals surface area contributed by atoms with E-state index in [-0.39, 0.29) is 22.9 Å². The monoisotopic (exact) mass is 328 g/mol. The number of anilines is 1. The Morgan fingerprint density at radius 1 is 1.50 bits per heavy atom. The standard InChI is InChI=1S/C14H21ClN4O3/c1-10-8-18(9-11(2)22-10)5-4-17(3)14-13(19(20)21)6-12(15)7-16-14/h6-7,10-11H,4-5,8-9H2,1-3H3/t10-,11+. The number of nitro groups is 1. The summed E-state index contributed by atoms with van der Waals surface area (Å²) in [6, 6.07) is 1.33. The summed E-state index contributed by atoms with van der Waals surface area (Å²) in [6.45, 7) is 7.30. The molecule has 1 saturated heterocycles. The summed E-state index contributed by atoms with van der Waals surface area (Å²) in [6.07, 6.45) is 1.84. The van der Waals surface area contributed by atoms with Crippen LogP contribution in [0.1, 0.15) is 13.8 Å². The largest absolute Gasteiger partial charge is 0.373 e. The van der Waals surface area contributed by atoms with E-state index < -0.39 is 4.92 Å². The highest BCUT2D eigenvalue weighted by atomic mass is 35.5. The number of halogens is 1. The van der Waals surface area contributed by atoms with Gasteiger partial charge in [-0.05, 0) is 13.8 Å². The van der Waals surface area contributed by atoms with Crippen molar-refractivity contribution in [3.8, 4) is 0 Å². The zero-order valence-corrected chi connectivity index (χ0v) is 13.8. The van der Waals surface area contributed by atoms with Gasteiger partial charge in [0.05, 0.1) is 22.2 Å². The molecule has 1 aliphatic heterocycles. The first kappa shape index (κ1) is 16.9. The molecular formula is C14H21ClN4O3. The molecule has 1 aromatic heterocycles. The fourth-order valence-corrected chi connectivity index (χ4v) is 2.87. The van der Waals surface area contributed by atoms with Crippen molar-refractivity contribution >= 4 is 23.1 Å². The molecule has 0 aliphatic carbocycles. The van der Waals surface area contributed by atoms with Crippen LogP contribution in [0.4, 0.5) is 11.5 Å². The van der Waals surface area contributed by atoms with Crippen LogP contribution in [0.15, 0.2) is 12.3 Å². The molecule has 0 spiro atoms. The molecule has 22 heavy (non-hydrogen) atoms. The van der Waals surface area contributed by atoms with Crippen molar-refractivity contribution in [2.45, 2.75) is 26.1 Å². The summed E-state index contributed by atoms with van der Waals surface area (Å²) in [7, 11) is 1.80. The number of aromatic nitrogens is 1. The van der Waals surface area contributed by atoms with Crippen LogP contribution in [0, 0.1) is 10.1 Å². The number of hydrogen-bond acceptors (Lipinski definition) is 6. The minimum atomic E-state index is -0.455. The smallest absolute Gasteiger partial charge is 0.313 e. The van der Waals surface area contributed by atoms with Crippen molar-refractivity contribution in [2.75, 3.05) is 38.1 Å². The van der Waals surface area contributed by atoms with Crippen LogP contribution >= 0.6 is 11.6 Å². The molecule has 122 valence electrons. The quantitative estimate of drug-likeness (QED) is 0.609. The van der Waals surface area contributed by atoms with Gasteiger partial charge >= 0.3 is 5.69 Å². The van der Waals surface area contributed by atoms with Gasteiger partial charge in [-0.25, -0.2) is 4.98 Å².